The summed E-state index contributed by atoms with van der Waals surface area (Å²) in [7, 11) is 0. The van der Waals surface area contributed by atoms with E-state index >= 15 is 0 Å². The summed E-state index contributed by atoms with van der Waals surface area (Å²) in [5, 5.41) is 3.33. The molecule has 1 aliphatic rings. The summed E-state index contributed by atoms with van der Waals surface area (Å²) < 4.78 is 2.13. The van der Waals surface area contributed by atoms with Crippen LogP contribution in [-0.4, -0.2) is 39.3 Å². The molecule has 2 aromatic heterocycles. The van der Waals surface area contributed by atoms with Gasteiger partial charge in [-0.2, -0.15) is 0 Å². The van der Waals surface area contributed by atoms with Crippen molar-refractivity contribution in [2.45, 2.75) is 44.7 Å². The smallest absolute Gasteiger partial charge is 0.221 e. The molecule has 5 nitrogen and oxygen atoms in total. The number of pyridine rings is 1. The zero-order valence-electron chi connectivity index (χ0n) is 19.7. The van der Waals surface area contributed by atoms with E-state index in [9.17, 15) is 4.79 Å². The lowest BCUT2D eigenvalue weighted by molar-refractivity contribution is -0.122. The number of hydrogen-bond acceptors (Lipinski definition) is 3. The van der Waals surface area contributed by atoms with Gasteiger partial charge in [-0.3, -0.25) is 9.69 Å². The van der Waals surface area contributed by atoms with Crippen LogP contribution >= 0.6 is 0 Å². The molecule has 2 aromatic carbocycles. The highest BCUT2D eigenvalue weighted by atomic mass is 16.1. The van der Waals surface area contributed by atoms with Crippen molar-refractivity contribution in [2.24, 2.45) is 0 Å². The van der Waals surface area contributed by atoms with Crippen molar-refractivity contribution < 1.29 is 4.79 Å². The molecule has 1 fully saturated rings. The molecule has 1 aliphatic heterocycles. The fourth-order valence-corrected chi connectivity index (χ4v) is 5.06. The zero-order chi connectivity index (χ0) is 23.3. The second-order valence-electron chi connectivity index (χ2n) is 9.34. The van der Waals surface area contributed by atoms with Gasteiger partial charge in [-0.25, -0.2) is 4.98 Å². The first-order valence-corrected chi connectivity index (χ1v) is 12.2. The maximum absolute atomic E-state index is 13.2. The first kappa shape index (κ1) is 22.4. The van der Waals surface area contributed by atoms with Gasteiger partial charge in [-0.1, -0.05) is 66.7 Å². The maximum atomic E-state index is 13.2. The molecule has 1 atom stereocenters. The molecule has 0 bridgehead atoms. The highest BCUT2D eigenvalue weighted by Crippen LogP contribution is 2.29. The van der Waals surface area contributed by atoms with Gasteiger partial charge in [0.2, 0.25) is 5.91 Å². The van der Waals surface area contributed by atoms with Crippen molar-refractivity contribution >= 4 is 11.6 Å². The lowest BCUT2D eigenvalue weighted by Crippen LogP contribution is -2.44. The number of aryl methyl sites for hydroxylation is 1. The number of piperidine rings is 1. The Hall–Kier alpha value is -3.44. The minimum absolute atomic E-state index is 0.0452. The quantitative estimate of drug-likeness (QED) is 0.432. The zero-order valence-corrected chi connectivity index (χ0v) is 19.7. The number of likely N-dealkylation sites (tertiary alicyclic amines) is 1. The number of hydrogen-bond donors (Lipinski definition) is 1. The number of amides is 1. The second kappa shape index (κ2) is 10.2. The standard InChI is InChI=1S/C29H32N4O/c1-22-9-8-16-33-27(20-30-29(22)33)26(24-12-6-3-7-13-24)19-28(34)31-25-14-17-32(18-15-25)21-23-10-4-2-5-11-23/h2-13,16,20,25-26H,14-15,17-19,21H2,1H3,(H,31,34). The Bertz CT molecular complexity index is 1230. The van der Waals surface area contributed by atoms with E-state index in [2.05, 4.69) is 75.1 Å². The molecule has 4 aromatic rings. The molecule has 5 heteroatoms. The molecule has 5 rings (SSSR count). The SMILES string of the molecule is Cc1cccn2c(C(CC(=O)NC3CCN(Cc4ccccc4)CC3)c3ccccc3)cnc12. The molecule has 1 N–H and O–H groups in total. The minimum atomic E-state index is -0.0452. The number of imidazole rings is 1. The van der Waals surface area contributed by atoms with Gasteiger partial charge in [0.05, 0.1) is 5.69 Å². The first-order valence-electron chi connectivity index (χ1n) is 12.2. The Morgan fingerprint density at radius 2 is 1.71 bits per heavy atom. The number of rotatable bonds is 7. The van der Waals surface area contributed by atoms with Crippen LogP contribution < -0.4 is 5.32 Å². The molecule has 0 saturated carbocycles. The number of fused-ring (bicyclic) bond motifs is 1. The van der Waals surface area contributed by atoms with Gasteiger partial charge < -0.3 is 9.72 Å². The van der Waals surface area contributed by atoms with Gasteiger partial charge in [-0.05, 0) is 42.5 Å². The lowest BCUT2D eigenvalue weighted by Gasteiger charge is -2.32. The van der Waals surface area contributed by atoms with Crippen LogP contribution in [0, 0.1) is 6.92 Å². The van der Waals surface area contributed by atoms with E-state index in [1.807, 2.05) is 36.7 Å². The fraction of sp³-hybridized carbons (Fsp3) is 0.310. The molecular formula is C29H32N4O. The number of benzene rings is 2. The van der Waals surface area contributed by atoms with Crippen LogP contribution in [0.1, 0.15) is 47.6 Å². The largest absolute Gasteiger partial charge is 0.353 e. The van der Waals surface area contributed by atoms with E-state index in [-0.39, 0.29) is 17.9 Å². The summed E-state index contributed by atoms with van der Waals surface area (Å²) in [6.07, 6.45) is 6.36. The van der Waals surface area contributed by atoms with Crippen molar-refractivity contribution in [1.29, 1.82) is 0 Å². The van der Waals surface area contributed by atoms with E-state index in [0.29, 0.717) is 6.42 Å². The monoisotopic (exact) mass is 452 g/mol. The predicted octanol–water partition coefficient (Wildman–Crippen LogP) is 4.95. The van der Waals surface area contributed by atoms with Gasteiger partial charge in [-0.15, -0.1) is 0 Å². The van der Waals surface area contributed by atoms with Gasteiger partial charge >= 0.3 is 0 Å². The predicted molar refractivity (Wildman–Crippen MR) is 136 cm³/mol. The van der Waals surface area contributed by atoms with Crippen molar-refractivity contribution in [3.05, 3.63) is 108 Å². The molecule has 0 radical (unpaired) electrons. The number of carbonyl (C=O) groups is 1. The first-order chi connectivity index (χ1) is 16.7. The van der Waals surface area contributed by atoms with Crippen molar-refractivity contribution in [2.75, 3.05) is 13.1 Å². The van der Waals surface area contributed by atoms with Crippen LogP contribution in [0.4, 0.5) is 0 Å². The third kappa shape index (κ3) is 5.05. The number of aromatic nitrogens is 2. The van der Waals surface area contributed by atoms with Crippen molar-refractivity contribution in [3.63, 3.8) is 0 Å². The molecule has 1 unspecified atom stereocenters. The van der Waals surface area contributed by atoms with E-state index < -0.39 is 0 Å². The number of carbonyl (C=O) groups excluding carboxylic acids is 1. The molecule has 1 amide bonds. The molecule has 34 heavy (non-hydrogen) atoms. The van der Waals surface area contributed by atoms with Crippen LogP contribution in [0.15, 0.2) is 85.2 Å². The van der Waals surface area contributed by atoms with E-state index in [1.165, 1.54) is 5.56 Å². The molecule has 1 saturated heterocycles. The summed E-state index contributed by atoms with van der Waals surface area (Å²) in [5.41, 5.74) is 5.62. The lowest BCUT2D eigenvalue weighted by atomic mass is 9.92. The average molecular weight is 453 g/mol. The van der Waals surface area contributed by atoms with Crippen LogP contribution in [0.3, 0.4) is 0 Å². The van der Waals surface area contributed by atoms with Gasteiger partial charge in [0.25, 0.3) is 0 Å². The molecule has 0 aliphatic carbocycles. The minimum Gasteiger partial charge on any atom is -0.353 e. The van der Waals surface area contributed by atoms with Gasteiger partial charge in [0.15, 0.2) is 0 Å². The van der Waals surface area contributed by atoms with E-state index in [0.717, 1.165) is 54.9 Å². The average Bonchev–Trinajstić information content (AvgIpc) is 3.30. The maximum Gasteiger partial charge on any atom is 0.221 e. The number of nitrogens with zero attached hydrogens (tertiary/aromatic N) is 3. The van der Waals surface area contributed by atoms with Gasteiger partial charge in [0.1, 0.15) is 5.65 Å². The Labute approximate surface area is 201 Å². The van der Waals surface area contributed by atoms with Crippen LogP contribution in [0.2, 0.25) is 0 Å². The second-order valence-corrected chi connectivity index (χ2v) is 9.34. The summed E-state index contributed by atoms with van der Waals surface area (Å²) in [6.45, 7) is 5.06. The van der Waals surface area contributed by atoms with E-state index in [1.54, 1.807) is 0 Å². The Morgan fingerprint density at radius 3 is 2.44 bits per heavy atom. The normalized spacial score (nSPS) is 15.9. The third-order valence-corrected chi connectivity index (χ3v) is 6.91. The van der Waals surface area contributed by atoms with Crippen molar-refractivity contribution in [1.82, 2.24) is 19.6 Å². The summed E-state index contributed by atoms with van der Waals surface area (Å²) >= 11 is 0. The van der Waals surface area contributed by atoms with Crippen molar-refractivity contribution in [3.8, 4) is 0 Å². The summed E-state index contributed by atoms with van der Waals surface area (Å²) in [5.74, 6) is 0.0640. The van der Waals surface area contributed by atoms with Crippen LogP contribution in [0.25, 0.3) is 5.65 Å². The topological polar surface area (TPSA) is 49.6 Å². The van der Waals surface area contributed by atoms with E-state index in [4.69, 9.17) is 0 Å². The Morgan fingerprint density at radius 1 is 1.00 bits per heavy atom. The third-order valence-electron chi connectivity index (χ3n) is 6.91. The number of nitrogens with one attached hydrogen (secondary N) is 1. The van der Waals surface area contributed by atoms with Crippen LogP contribution in [-0.2, 0) is 11.3 Å². The van der Waals surface area contributed by atoms with Crippen LogP contribution in [0.5, 0.6) is 0 Å². The highest BCUT2D eigenvalue weighted by molar-refractivity contribution is 5.78. The summed E-state index contributed by atoms with van der Waals surface area (Å²) in [6, 6.07) is 25.3. The highest BCUT2D eigenvalue weighted by Gasteiger charge is 2.25. The molecule has 3 heterocycles. The summed E-state index contributed by atoms with van der Waals surface area (Å²) in [4.78, 5) is 20.3. The Balaban J connectivity index is 1.25. The van der Waals surface area contributed by atoms with Gasteiger partial charge in [0, 0.05) is 50.4 Å². The molecule has 174 valence electrons. The molecule has 0 spiro atoms. The fourth-order valence-electron chi connectivity index (χ4n) is 5.06. The molecular weight excluding hydrogens is 420 g/mol. The Kier molecular flexibility index (Phi) is 6.72.